The monoisotopic (exact) mass is 418 g/mol. The zero-order chi connectivity index (χ0) is 20.6. The minimum absolute atomic E-state index is 0.144. The van der Waals surface area contributed by atoms with E-state index in [-0.39, 0.29) is 11.3 Å². The van der Waals surface area contributed by atoms with Gasteiger partial charge in [-0.2, -0.15) is 4.31 Å². The second-order valence-corrected chi connectivity index (χ2v) is 11.5. The zero-order valence-corrected chi connectivity index (χ0v) is 18.5. The van der Waals surface area contributed by atoms with Gasteiger partial charge in [0.1, 0.15) is 0 Å². The van der Waals surface area contributed by atoms with Gasteiger partial charge in [-0.25, -0.2) is 8.42 Å². The van der Waals surface area contributed by atoms with Crippen LogP contribution in [0.3, 0.4) is 0 Å². The van der Waals surface area contributed by atoms with Crippen LogP contribution >= 0.6 is 0 Å². The van der Waals surface area contributed by atoms with E-state index in [1.54, 1.807) is 28.6 Å². The Hall–Kier alpha value is -1.40. The molecule has 0 atom stereocenters. The van der Waals surface area contributed by atoms with Gasteiger partial charge in [-0.05, 0) is 93.4 Å². The number of nitrogens with zero attached hydrogens (tertiary/aromatic N) is 1. The van der Waals surface area contributed by atoms with Gasteiger partial charge in [0.15, 0.2) is 0 Å². The van der Waals surface area contributed by atoms with E-state index in [1.807, 2.05) is 13.8 Å². The molecule has 29 heavy (non-hydrogen) atoms. The predicted octanol–water partition coefficient (Wildman–Crippen LogP) is 4.65. The van der Waals surface area contributed by atoms with Crippen molar-refractivity contribution in [2.45, 2.75) is 70.1 Å². The van der Waals surface area contributed by atoms with E-state index in [0.29, 0.717) is 23.7 Å². The lowest BCUT2D eigenvalue weighted by Gasteiger charge is -2.55. The molecule has 0 radical (unpaired) electrons. The zero-order valence-electron chi connectivity index (χ0n) is 17.7. The van der Waals surface area contributed by atoms with E-state index in [4.69, 9.17) is 0 Å². The molecule has 0 saturated heterocycles. The van der Waals surface area contributed by atoms with E-state index < -0.39 is 10.0 Å². The molecule has 1 aromatic carbocycles. The summed E-state index contributed by atoms with van der Waals surface area (Å²) in [7, 11) is -3.49. The number of benzene rings is 1. The van der Waals surface area contributed by atoms with Crippen molar-refractivity contribution < 1.29 is 13.2 Å². The molecule has 1 aromatic rings. The Kier molecular flexibility index (Phi) is 5.77. The summed E-state index contributed by atoms with van der Waals surface area (Å²) in [4.78, 5) is 13.5. The van der Waals surface area contributed by atoms with Crippen molar-refractivity contribution in [2.24, 2.45) is 23.2 Å². The summed E-state index contributed by atoms with van der Waals surface area (Å²) in [5.41, 5.74) is 0.501. The largest absolute Gasteiger partial charge is 0.326 e. The maximum absolute atomic E-state index is 13.2. The topological polar surface area (TPSA) is 66.5 Å². The van der Waals surface area contributed by atoms with Crippen molar-refractivity contribution in [1.29, 1.82) is 0 Å². The lowest BCUT2D eigenvalue weighted by Crippen LogP contribution is -2.51. The number of sulfonamides is 1. The fourth-order valence-electron chi connectivity index (χ4n) is 6.36. The molecule has 5 nitrogen and oxygen atoms in total. The van der Waals surface area contributed by atoms with Crippen LogP contribution in [-0.2, 0) is 14.8 Å². The second kappa shape index (κ2) is 8.03. The molecule has 4 fully saturated rings. The summed E-state index contributed by atoms with van der Waals surface area (Å²) < 4.78 is 27.4. The minimum atomic E-state index is -3.49. The smallest absolute Gasteiger partial charge is 0.243 e. The summed E-state index contributed by atoms with van der Waals surface area (Å²) in [5, 5.41) is 3.11. The lowest BCUT2D eigenvalue weighted by molar-refractivity contribution is -0.140. The Bertz CT molecular complexity index is 806. The number of amides is 1. The molecule has 0 heterocycles. The first-order valence-electron chi connectivity index (χ1n) is 11.3. The van der Waals surface area contributed by atoms with Gasteiger partial charge in [-0.3, -0.25) is 4.79 Å². The number of carbonyl (C=O) groups is 1. The normalized spacial score (nSPS) is 30.7. The highest BCUT2D eigenvalue weighted by Gasteiger charge is 2.54. The molecule has 4 aliphatic rings. The van der Waals surface area contributed by atoms with E-state index in [9.17, 15) is 13.2 Å². The summed E-state index contributed by atoms with van der Waals surface area (Å²) >= 11 is 0. The fourth-order valence-corrected chi connectivity index (χ4v) is 7.99. The Morgan fingerprint density at radius 3 is 1.90 bits per heavy atom. The van der Waals surface area contributed by atoms with Crippen molar-refractivity contribution in [2.75, 3.05) is 18.4 Å². The second-order valence-electron chi connectivity index (χ2n) is 9.58. The fraction of sp³-hybridized carbons (Fsp3) is 0.696. The van der Waals surface area contributed by atoms with Crippen molar-refractivity contribution in [3.05, 3.63) is 24.3 Å². The van der Waals surface area contributed by atoms with E-state index in [0.717, 1.165) is 49.9 Å². The Morgan fingerprint density at radius 2 is 1.45 bits per heavy atom. The number of rotatable bonds is 8. The number of anilines is 1. The highest BCUT2D eigenvalue weighted by atomic mass is 32.2. The summed E-state index contributed by atoms with van der Waals surface area (Å²) in [6.07, 6.45) is 8.60. The van der Waals surface area contributed by atoms with E-state index in [1.165, 1.54) is 19.3 Å². The first-order valence-corrected chi connectivity index (χ1v) is 12.7. The standard InChI is InChI=1S/C23H34N2O3S/c1-3-9-25(10-4-2)29(27,28)21-7-5-20(6-8-21)24-22(26)23-14-17-11-18(15-23)13-19(12-17)16-23/h5-8,17-19H,3-4,9-16H2,1-2H3,(H,24,26). The van der Waals surface area contributed by atoms with Crippen LogP contribution in [0.25, 0.3) is 0 Å². The maximum atomic E-state index is 13.2. The molecule has 6 heteroatoms. The van der Waals surface area contributed by atoms with Gasteiger partial charge in [-0.15, -0.1) is 0 Å². The third kappa shape index (κ3) is 3.98. The molecule has 1 amide bonds. The quantitative estimate of drug-likeness (QED) is 0.668. The van der Waals surface area contributed by atoms with Crippen LogP contribution in [0.5, 0.6) is 0 Å². The van der Waals surface area contributed by atoms with Crippen molar-refractivity contribution in [1.82, 2.24) is 4.31 Å². The van der Waals surface area contributed by atoms with Crippen LogP contribution in [0.4, 0.5) is 5.69 Å². The van der Waals surface area contributed by atoms with Gasteiger partial charge in [0.25, 0.3) is 0 Å². The molecule has 0 aromatic heterocycles. The minimum Gasteiger partial charge on any atom is -0.326 e. The number of carbonyl (C=O) groups excluding carboxylic acids is 1. The number of nitrogens with one attached hydrogen (secondary N) is 1. The third-order valence-electron chi connectivity index (χ3n) is 7.22. The van der Waals surface area contributed by atoms with Gasteiger partial charge in [-0.1, -0.05) is 13.8 Å². The highest BCUT2D eigenvalue weighted by Crippen LogP contribution is 2.60. The predicted molar refractivity (Wildman–Crippen MR) is 115 cm³/mol. The van der Waals surface area contributed by atoms with Gasteiger partial charge in [0, 0.05) is 18.8 Å². The molecule has 4 bridgehead atoms. The Labute approximate surface area is 175 Å². The maximum Gasteiger partial charge on any atom is 0.243 e. The highest BCUT2D eigenvalue weighted by molar-refractivity contribution is 7.89. The Morgan fingerprint density at radius 1 is 0.966 bits per heavy atom. The van der Waals surface area contributed by atoms with Crippen molar-refractivity contribution in [3.63, 3.8) is 0 Å². The van der Waals surface area contributed by atoms with Gasteiger partial charge in [0.2, 0.25) is 15.9 Å². The number of hydrogen-bond donors (Lipinski definition) is 1. The average molecular weight is 419 g/mol. The Balaban J connectivity index is 1.46. The third-order valence-corrected chi connectivity index (χ3v) is 9.13. The van der Waals surface area contributed by atoms with Crippen molar-refractivity contribution >= 4 is 21.6 Å². The molecule has 5 rings (SSSR count). The summed E-state index contributed by atoms with van der Waals surface area (Å²) in [5.74, 6) is 2.32. The van der Waals surface area contributed by atoms with E-state index in [2.05, 4.69) is 5.32 Å². The van der Waals surface area contributed by atoms with Crippen LogP contribution in [-0.4, -0.2) is 31.7 Å². The first-order chi connectivity index (χ1) is 13.9. The summed E-state index contributed by atoms with van der Waals surface area (Å²) in [6.45, 7) is 5.03. The van der Waals surface area contributed by atoms with Gasteiger partial charge < -0.3 is 5.32 Å². The lowest BCUT2D eigenvalue weighted by atomic mass is 9.49. The molecule has 4 aliphatic carbocycles. The SMILES string of the molecule is CCCN(CCC)S(=O)(=O)c1ccc(NC(=O)C23CC4CC(CC(C4)C2)C3)cc1. The van der Waals surface area contributed by atoms with Crippen LogP contribution in [0.2, 0.25) is 0 Å². The van der Waals surface area contributed by atoms with Gasteiger partial charge >= 0.3 is 0 Å². The van der Waals surface area contributed by atoms with Crippen LogP contribution in [0, 0.1) is 23.2 Å². The molecule has 0 aliphatic heterocycles. The molecule has 0 unspecified atom stereocenters. The molecular formula is C23H34N2O3S. The van der Waals surface area contributed by atoms with Crippen LogP contribution in [0.1, 0.15) is 65.2 Å². The van der Waals surface area contributed by atoms with E-state index >= 15 is 0 Å². The van der Waals surface area contributed by atoms with Crippen LogP contribution in [0.15, 0.2) is 29.2 Å². The number of hydrogen-bond acceptors (Lipinski definition) is 3. The van der Waals surface area contributed by atoms with Crippen molar-refractivity contribution in [3.8, 4) is 0 Å². The van der Waals surface area contributed by atoms with Crippen LogP contribution < -0.4 is 5.32 Å². The van der Waals surface area contributed by atoms with Gasteiger partial charge in [0.05, 0.1) is 10.3 Å². The average Bonchev–Trinajstić information content (AvgIpc) is 2.67. The first kappa shape index (κ1) is 20.9. The molecule has 4 saturated carbocycles. The molecule has 1 N–H and O–H groups in total. The molecule has 0 spiro atoms. The molecular weight excluding hydrogens is 384 g/mol. The molecule has 160 valence electrons. The summed E-state index contributed by atoms with van der Waals surface area (Å²) in [6, 6.07) is 6.73.